The summed E-state index contributed by atoms with van der Waals surface area (Å²) in [5.74, 6) is -0.647. The van der Waals surface area contributed by atoms with Gasteiger partial charge >= 0.3 is 5.97 Å². The van der Waals surface area contributed by atoms with Crippen LogP contribution in [0.3, 0.4) is 0 Å². The number of carboxylic acid groups (broad SMARTS) is 1. The Morgan fingerprint density at radius 1 is 1.26 bits per heavy atom. The minimum Gasteiger partial charge on any atom is -0.497 e. The van der Waals surface area contributed by atoms with Crippen molar-refractivity contribution >= 4 is 16.9 Å². The largest absolute Gasteiger partial charge is 0.497 e. The number of hydrogen-bond acceptors (Lipinski definition) is 6. The van der Waals surface area contributed by atoms with Crippen LogP contribution < -0.4 is 4.74 Å². The molecule has 2 aromatic heterocycles. The molecule has 0 amide bonds. The summed E-state index contributed by atoms with van der Waals surface area (Å²) >= 11 is 0. The molecule has 3 heterocycles. The van der Waals surface area contributed by atoms with Crippen LogP contribution in [0.4, 0.5) is 4.39 Å². The lowest BCUT2D eigenvalue weighted by Gasteiger charge is -2.36. The number of halogens is 1. The zero-order chi connectivity index (χ0) is 23.9. The number of pyridine rings is 1. The highest BCUT2D eigenvalue weighted by atomic mass is 19.1. The van der Waals surface area contributed by atoms with Crippen molar-refractivity contribution in [1.29, 1.82) is 0 Å². The number of rotatable bonds is 10. The summed E-state index contributed by atoms with van der Waals surface area (Å²) in [4.78, 5) is 26.9. The molecule has 180 valence electrons. The standard InChI is InChI=1S/C26H31FN4O3/c1-34-20-5-7-25-22(15-20)21(8-10-30-25)24(27)6-4-18-9-14-31(17-23(18)26(32)33)13-2-3-19-16-28-11-12-29-19/h5,7-8,10-12,15-16,18,23-24H,2-4,6,9,13-14,17H2,1H3,(H,32,33)/t18-,23+,24-/m1/s1. The van der Waals surface area contributed by atoms with Crippen LogP contribution in [0.5, 0.6) is 5.75 Å². The van der Waals surface area contributed by atoms with Crippen LogP contribution in [-0.4, -0.2) is 57.7 Å². The number of alkyl halides is 1. The molecule has 1 aliphatic heterocycles. The number of nitrogens with zero attached hydrogens (tertiary/aromatic N) is 4. The number of hydrogen-bond donors (Lipinski definition) is 1. The third kappa shape index (κ3) is 5.86. The summed E-state index contributed by atoms with van der Waals surface area (Å²) in [6, 6.07) is 7.15. The average molecular weight is 467 g/mol. The Labute approximate surface area is 199 Å². The van der Waals surface area contributed by atoms with E-state index in [1.807, 2.05) is 18.2 Å². The summed E-state index contributed by atoms with van der Waals surface area (Å²) < 4.78 is 20.6. The topological polar surface area (TPSA) is 88.4 Å². The Hall–Kier alpha value is -3.13. The van der Waals surface area contributed by atoms with Crippen LogP contribution in [0.25, 0.3) is 10.9 Å². The molecule has 7 nitrogen and oxygen atoms in total. The highest BCUT2D eigenvalue weighted by molar-refractivity contribution is 5.83. The van der Waals surface area contributed by atoms with E-state index >= 15 is 4.39 Å². The molecule has 0 unspecified atom stereocenters. The number of aryl methyl sites for hydroxylation is 1. The number of piperidine rings is 1. The average Bonchev–Trinajstić information content (AvgIpc) is 2.87. The zero-order valence-electron chi connectivity index (χ0n) is 19.4. The molecule has 0 aliphatic carbocycles. The summed E-state index contributed by atoms with van der Waals surface area (Å²) in [5, 5.41) is 10.6. The van der Waals surface area contributed by atoms with Gasteiger partial charge in [-0.15, -0.1) is 0 Å². The first kappa shape index (κ1) is 24.0. The molecular weight excluding hydrogens is 435 g/mol. The van der Waals surface area contributed by atoms with Gasteiger partial charge in [-0.05, 0) is 80.9 Å². The van der Waals surface area contributed by atoms with Crippen LogP contribution in [0.15, 0.2) is 49.1 Å². The number of benzene rings is 1. The molecule has 1 fully saturated rings. The number of aliphatic carboxylic acids is 1. The van der Waals surface area contributed by atoms with Crippen molar-refractivity contribution in [2.24, 2.45) is 11.8 Å². The maximum atomic E-state index is 15.4. The normalized spacial score (nSPS) is 19.7. The first-order valence-corrected chi connectivity index (χ1v) is 11.8. The molecule has 1 saturated heterocycles. The van der Waals surface area contributed by atoms with Gasteiger partial charge in [-0.25, -0.2) is 4.39 Å². The molecule has 3 atom stereocenters. The van der Waals surface area contributed by atoms with Crippen molar-refractivity contribution in [3.8, 4) is 5.75 Å². The first-order valence-electron chi connectivity index (χ1n) is 11.8. The monoisotopic (exact) mass is 466 g/mol. The second-order valence-corrected chi connectivity index (χ2v) is 8.92. The van der Waals surface area contributed by atoms with Gasteiger partial charge in [-0.2, -0.15) is 0 Å². The third-order valence-electron chi connectivity index (χ3n) is 6.79. The number of aromatic nitrogens is 3. The molecule has 1 aliphatic rings. The second-order valence-electron chi connectivity index (χ2n) is 8.92. The van der Waals surface area contributed by atoms with E-state index in [1.165, 1.54) is 0 Å². The maximum Gasteiger partial charge on any atom is 0.308 e. The molecule has 3 aromatic rings. The maximum absolute atomic E-state index is 15.4. The highest BCUT2D eigenvalue weighted by Crippen LogP contribution is 2.35. The first-order chi connectivity index (χ1) is 16.5. The van der Waals surface area contributed by atoms with Crippen LogP contribution >= 0.6 is 0 Å². The van der Waals surface area contributed by atoms with Crippen LogP contribution in [0, 0.1) is 11.8 Å². The van der Waals surface area contributed by atoms with Crippen molar-refractivity contribution in [2.45, 2.75) is 38.3 Å². The Balaban J connectivity index is 1.34. The molecule has 0 radical (unpaired) electrons. The van der Waals surface area contributed by atoms with E-state index in [2.05, 4.69) is 19.9 Å². The summed E-state index contributed by atoms with van der Waals surface area (Å²) in [5.41, 5.74) is 2.25. The summed E-state index contributed by atoms with van der Waals surface area (Å²) in [6.45, 7) is 2.16. The number of fused-ring (bicyclic) bond motifs is 1. The van der Waals surface area contributed by atoms with Crippen LogP contribution in [-0.2, 0) is 11.2 Å². The quantitative estimate of drug-likeness (QED) is 0.471. The van der Waals surface area contributed by atoms with Crippen molar-refractivity contribution in [1.82, 2.24) is 19.9 Å². The molecule has 0 saturated carbocycles. The summed E-state index contributed by atoms with van der Waals surface area (Å²) in [7, 11) is 1.58. The van der Waals surface area contributed by atoms with Gasteiger partial charge in [-0.3, -0.25) is 19.7 Å². The predicted molar refractivity (Wildman–Crippen MR) is 127 cm³/mol. The number of carboxylic acids is 1. The Morgan fingerprint density at radius 3 is 2.91 bits per heavy atom. The number of likely N-dealkylation sites (tertiary alicyclic amines) is 1. The zero-order valence-corrected chi connectivity index (χ0v) is 19.4. The molecule has 1 N–H and O–H groups in total. The van der Waals surface area contributed by atoms with Gasteiger partial charge < -0.3 is 14.7 Å². The smallest absolute Gasteiger partial charge is 0.308 e. The lowest BCUT2D eigenvalue weighted by molar-refractivity contribution is -0.146. The van der Waals surface area contributed by atoms with Gasteiger partial charge in [0, 0.05) is 36.7 Å². The number of carbonyl (C=O) groups is 1. The van der Waals surface area contributed by atoms with Gasteiger partial charge in [0.25, 0.3) is 0 Å². The Bertz CT molecular complexity index is 1100. The van der Waals surface area contributed by atoms with Crippen LogP contribution in [0.2, 0.25) is 0 Å². The Kier molecular flexibility index (Phi) is 8.00. The van der Waals surface area contributed by atoms with E-state index in [1.54, 1.807) is 38.0 Å². The fourth-order valence-electron chi connectivity index (χ4n) is 4.90. The van der Waals surface area contributed by atoms with E-state index in [9.17, 15) is 9.90 Å². The fourth-order valence-corrected chi connectivity index (χ4v) is 4.90. The molecule has 1 aromatic carbocycles. The number of methoxy groups -OCH3 is 1. The van der Waals surface area contributed by atoms with Crippen LogP contribution in [0.1, 0.15) is 43.1 Å². The lowest BCUT2D eigenvalue weighted by atomic mass is 9.81. The van der Waals surface area contributed by atoms with Crippen molar-refractivity contribution in [3.05, 3.63) is 60.3 Å². The van der Waals surface area contributed by atoms with Gasteiger partial charge in [0.05, 0.1) is 24.2 Å². The molecule has 8 heteroatoms. The van der Waals surface area contributed by atoms with E-state index < -0.39 is 18.1 Å². The Morgan fingerprint density at radius 2 is 2.15 bits per heavy atom. The van der Waals surface area contributed by atoms with E-state index in [-0.39, 0.29) is 12.3 Å². The van der Waals surface area contributed by atoms with Gasteiger partial charge in [-0.1, -0.05) is 0 Å². The third-order valence-corrected chi connectivity index (χ3v) is 6.79. The SMILES string of the molecule is COc1ccc2nccc([C@H](F)CC[C@@H]3CCN(CCCc4cnccn4)C[C@@H]3C(=O)O)c2c1. The predicted octanol–water partition coefficient (Wildman–Crippen LogP) is 4.48. The number of ether oxygens (including phenoxy) is 1. The van der Waals surface area contributed by atoms with Gasteiger partial charge in [0.1, 0.15) is 11.9 Å². The molecule has 34 heavy (non-hydrogen) atoms. The van der Waals surface area contributed by atoms with E-state index in [0.29, 0.717) is 24.3 Å². The minimum absolute atomic E-state index is 0.0328. The second kappa shape index (κ2) is 11.3. The van der Waals surface area contributed by atoms with Gasteiger partial charge in [0.15, 0.2) is 0 Å². The lowest BCUT2D eigenvalue weighted by Crippen LogP contribution is -2.44. The van der Waals surface area contributed by atoms with Gasteiger partial charge in [0.2, 0.25) is 0 Å². The van der Waals surface area contributed by atoms with Crippen molar-refractivity contribution in [3.63, 3.8) is 0 Å². The van der Waals surface area contributed by atoms with Crippen molar-refractivity contribution in [2.75, 3.05) is 26.7 Å². The minimum atomic E-state index is -1.18. The molecular formula is C26H31FN4O3. The molecule has 0 spiro atoms. The molecule has 4 rings (SSSR count). The molecule has 0 bridgehead atoms. The highest BCUT2D eigenvalue weighted by Gasteiger charge is 2.34. The van der Waals surface area contributed by atoms with E-state index in [4.69, 9.17) is 4.74 Å². The van der Waals surface area contributed by atoms with Crippen molar-refractivity contribution < 1.29 is 19.0 Å². The van der Waals surface area contributed by atoms with E-state index in [0.717, 1.165) is 48.9 Å². The fraction of sp³-hybridized carbons (Fsp3) is 0.462. The summed E-state index contributed by atoms with van der Waals surface area (Å²) in [6.07, 6.45) is 8.86.